The van der Waals surface area contributed by atoms with E-state index in [-0.39, 0.29) is 11.6 Å². The predicted molar refractivity (Wildman–Crippen MR) is 112 cm³/mol. The molecule has 7 nitrogen and oxygen atoms in total. The molecule has 0 atom stereocenters. The van der Waals surface area contributed by atoms with E-state index in [4.69, 9.17) is 4.42 Å². The lowest BCUT2D eigenvalue weighted by atomic mass is 10.1. The molecule has 4 heterocycles. The van der Waals surface area contributed by atoms with Gasteiger partial charge >= 0.3 is 0 Å². The molecule has 5 aromatic rings. The average molecular weight is 401 g/mol. The SMILES string of the molecule is Cc1cc(-c2nc3cccnc3s2)ccc1NC(=O)c1cc(-c2ccco2)[nH]n1. The molecule has 0 aliphatic carbocycles. The Balaban J connectivity index is 1.37. The molecule has 0 fully saturated rings. The highest BCUT2D eigenvalue weighted by Crippen LogP contribution is 2.31. The Morgan fingerprint density at radius 3 is 2.90 bits per heavy atom. The van der Waals surface area contributed by atoms with Crippen LogP contribution in [0.2, 0.25) is 0 Å². The van der Waals surface area contributed by atoms with Gasteiger partial charge in [0.1, 0.15) is 21.0 Å². The molecular weight excluding hydrogens is 386 g/mol. The molecule has 4 aromatic heterocycles. The van der Waals surface area contributed by atoms with E-state index in [9.17, 15) is 4.79 Å². The molecule has 0 radical (unpaired) electrons. The van der Waals surface area contributed by atoms with Gasteiger partial charge in [-0.1, -0.05) is 11.3 Å². The van der Waals surface area contributed by atoms with Gasteiger partial charge in [0.15, 0.2) is 11.5 Å². The topological polar surface area (TPSA) is 96.7 Å². The number of H-pyrrole nitrogens is 1. The summed E-state index contributed by atoms with van der Waals surface area (Å²) in [6, 6.07) is 14.9. The number of rotatable bonds is 4. The minimum atomic E-state index is -0.293. The van der Waals surface area contributed by atoms with Crippen molar-refractivity contribution in [1.82, 2.24) is 20.2 Å². The van der Waals surface area contributed by atoms with Gasteiger partial charge in [0.25, 0.3) is 5.91 Å². The second kappa shape index (κ2) is 6.99. The first-order chi connectivity index (χ1) is 14.2. The Morgan fingerprint density at radius 1 is 1.17 bits per heavy atom. The van der Waals surface area contributed by atoms with Crippen LogP contribution in [0.3, 0.4) is 0 Å². The van der Waals surface area contributed by atoms with E-state index in [0.717, 1.165) is 32.2 Å². The summed E-state index contributed by atoms with van der Waals surface area (Å²) in [5.41, 5.74) is 4.47. The molecule has 0 saturated carbocycles. The quantitative estimate of drug-likeness (QED) is 0.446. The normalized spacial score (nSPS) is 11.1. The van der Waals surface area contributed by atoms with Gasteiger partial charge in [-0.05, 0) is 55.0 Å². The van der Waals surface area contributed by atoms with Crippen molar-refractivity contribution in [1.29, 1.82) is 0 Å². The number of nitrogens with zero attached hydrogens (tertiary/aromatic N) is 3. The van der Waals surface area contributed by atoms with Crippen molar-refractivity contribution < 1.29 is 9.21 Å². The fourth-order valence-electron chi connectivity index (χ4n) is 3.01. The molecule has 29 heavy (non-hydrogen) atoms. The van der Waals surface area contributed by atoms with Crippen molar-refractivity contribution in [3.63, 3.8) is 0 Å². The van der Waals surface area contributed by atoms with Gasteiger partial charge < -0.3 is 9.73 Å². The number of furan rings is 1. The lowest BCUT2D eigenvalue weighted by Crippen LogP contribution is -2.13. The number of aryl methyl sites for hydroxylation is 1. The summed E-state index contributed by atoms with van der Waals surface area (Å²) in [5.74, 6) is 0.335. The molecule has 1 amide bonds. The Morgan fingerprint density at radius 2 is 2.10 bits per heavy atom. The van der Waals surface area contributed by atoms with E-state index < -0.39 is 0 Å². The van der Waals surface area contributed by atoms with Gasteiger partial charge in [0, 0.05) is 23.5 Å². The maximum absolute atomic E-state index is 12.6. The number of carbonyl (C=O) groups is 1. The molecule has 1 aromatic carbocycles. The number of aromatic amines is 1. The number of pyridine rings is 1. The van der Waals surface area contributed by atoms with Crippen molar-refractivity contribution in [2.24, 2.45) is 0 Å². The van der Waals surface area contributed by atoms with Crippen molar-refractivity contribution >= 4 is 33.3 Å². The number of thiazole rings is 1. The van der Waals surface area contributed by atoms with Crippen molar-refractivity contribution in [2.45, 2.75) is 6.92 Å². The molecule has 0 spiro atoms. The van der Waals surface area contributed by atoms with Gasteiger partial charge in [-0.25, -0.2) is 9.97 Å². The number of aromatic nitrogens is 4. The first-order valence-electron chi connectivity index (χ1n) is 8.90. The van der Waals surface area contributed by atoms with Crippen LogP contribution in [0.1, 0.15) is 16.1 Å². The summed E-state index contributed by atoms with van der Waals surface area (Å²) in [6.07, 6.45) is 3.34. The maximum Gasteiger partial charge on any atom is 0.276 e. The summed E-state index contributed by atoms with van der Waals surface area (Å²) < 4.78 is 5.31. The number of nitrogens with one attached hydrogen (secondary N) is 2. The van der Waals surface area contributed by atoms with Crippen molar-refractivity contribution in [3.8, 4) is 22.0 Å². The Bertz CT molecular complexity index is 1290. The van der Waals surface area contributed by atoms with E-state index in [0.29, 0.717) is 11.5 Å². The fraction of sp³-hybridized carbons (Fsp3) is 0.0476. The van der Waals surface area contributed by atoms with Crippen LogP contribution in [-0.4, -0.2) is 26.1 Å². The molecular formula is C21H15N5O2S. The molecule has 142 valence electrons. The number of benzene rings is 1. The van der Waals surface area contributed by atoms with Crippen LogP contribution in [0.15, 0.2) is 65.4 Å². The standard InChI is InChI=1S/C21H15N5O2S/c1-12-10-13(20-24-15-4-2-8-22-21(15)29-20)6-7-14(12)23-19(27)17-11-16(25-26-17)18-5-3-9-28-18/h2-11H,1H3,(H,23,27)(H,25,26). The Kier molecular flexibility index (Phi) is 4.18. The minimum Gasteiger partial charge on any atom is -0.463 e. The zero-order chi connectivity index (χ0) is 19.8. The molecule has 2 N–H and O–H groups in total. The highest BCUT2D eigenvalue weighted by Gasteiger charge is 2.15. The first-order valence-corrected chi connectivity index (χ1v) is 9.72. The molecule has 0 aliphatic rings. The van der Waals surface area contributed by atoms with Gasteiger partial charge in [-0.15, -0.1) is 0 Å². The number of amides is 1. The van der Waals surface area contributed by atoms with E-state index in [2.05, 4.69) is 25.5 Å². The van der Waals surface area contributed by atoms with Gasteiger partial charge in [-0.3, -0.25) is 9.89 Å². The second-order valence-corrected chi connectivity index (χ2v) is 7.45. The van der Waals surface area contributed by atoms with Crippen LogP contribution >= 0.6 is 11.3 Å². The monoisotopic (exact) mass is 401 g/mol. The van der Waals surface area contributed by atoms with Gasteiger partial charge in [0.2, 0.25) is 0 Å². The lowest BCUT2D eigenvalue weighted by molar-refractivity contribution is 0.102. The molecule has 0 aliphatic heterocycles. The zero-order valence-corrected chi connectivity index (χ0v) is 16.2. The average Bonchev–Trinajstić information content (AvgIpc) is 3.48. The number of fused-ring (bicyclic) bond motifs is 1. The second-order valence-electron chi connectivity index (χ2n) is 6.47. The lowest BCUT2D eigenvalue weighted by Gasteiger charge is -2.08. The van der Waals surface area contributed by atoms with E-state index in [1.54, 1.807) is 42.0 Å². The summed E-state index contributed by atoms with van der Waals surface area (Å²) in [5, 5.41) is 10.7. The highest BCUT2D eigenvalue weighted by atomic mass is 32.1. The first kappa shape index (κ1) is 17.3. The van der Waals surface area contributed by atoms with Crippen LogP contribution < -0.4 is 5.32 Å². The third-order valence-corrected chi connectivity index (χ3v) is 5.51. The third kappa shape index (κ3) is 3.30. The van der Waals surface area contributed by atoms with Crippen molar-refractivity contribution in [3.05, 3.63) is 72.2 Å². The fourth-order valence-corrected chi connectivity index (χ4v) is 3.92. The van der Waals surface area contributed by atoms with Crippen molar-refractivity contribution in [2.75, 3.05) is 5.32 Å². The van der Waals surface area contributed by atoms with Crippen LogP contribution in [0.25, 0.3) is 32.4 Å². The Labute approximate surface area is 169 Å². The third-order valence-electron chi connectivity index (χ3n) is 4.49. The summed E-state index contributed by atoms with van der Waals surface area (Å²) in [4.78, 5) is 22.5. The predicted octanol–water partition coefficient (Wildman–Crippen LogP) is 4.90. The van der Waals surface area contributed by atoms with Gasteiger partial charge in [-0.2, -0.15) is 5.10 Å². The van der Waals surface area contributed by atoms with Gasteiger partial charge in [0.05, 0.1) is 6.26 Å². The number of carbonyl (C=O) groups excluding carboxylic acids is 1. The maximum atomic E-state index is 12.6. The van der Waals surface area contributed by atoms with E-state index in [1.165, 1.54) is 0 Å². The molecule has 0 unspecified atom stereocenters. The number of hydrogen-bond donors (Lipinski definition) is 2. The smallest absolute Gasteiger partial charge is 0.276 e. The molecule has 0 bridgehead atoms. The molecule has 0 saturated heterocycles. The largest absolute Gasteiger partial charge is 0.463 e. The highest BCUT2D eigenvalue weighted by molar-refractivity contribution is 7.21. The summed E-state index contributed by atoms with van der Waals surface area (Å²) >= 11 is 1.54. The zero-order valence-electron chi connectivity index (χ0n) is 15.3. The molecule has 8 heteroatoms. The van der Waals surface area contributed by atoms with Crippen LogP contribution in [0.4, 0.5) is 5.69 Å². The molecule has 5 rings (SSSR count). The minimum absolute atomic E-state index is 0.289. The van der Waals surface area contributed by atoms with Crippen LogP contribution in [-0.2, 0) is 0 Å². The van der Waals surface area contributed by atoms with E-state index >= 15 is 0 Å². The Hall–Kier alpha value is -3.78. The summed E-state index contributed by atoms with van der Waals surface area (Å²) in [7, 11) is 0. The van der Waals surface area contributed by atoms with E-state index in [1.807, 2.05) is 37.3 Å². The number of hydrogen-bond acceptors (Lipinski definition) is 6. The summed E-state index contributed by atoms with van der Waals surface area (Å²) in [6.45, 7) is 1.95. The number of anilines is 1. The van der Waals surface area contributed by atoms with Crippen LogP contribution in [0, 0.1) is 6.92 Å². The van der Waals surface area contributed by atoms with Crippen LogP contribution in [0.5, 0.6) is 0 Å².